The molecule has 0 aliphatic carbocycles. The van der Waals surface area contributed by atoms with E-state index >= 15 is 0 Å². The molecule has 1 atom stereocenters. The quantitative estimate of drug-likeness (QED) is 0.741. The van der Waals surface area contributed by atoms with E-state index in [9.17, 15) is 0 Å². The normalized spacial score (nSPS) is 12.6. The molecule has 0 radical (unpaired) electrons. The lowest BCUT2D eigenvalue weighted by Crippen LogP contribution is -1.95. The highest BCUT2D eigenvalue weighted by molar-refractivity contribution is 7.09. The molecule has 0 amide bonds. The number of aromatic nitrogens is 1. The standard InChI is InChI=1S/C13H14ClNS/c1-2-11-9-16-13(15-11)8-12(14)10-6-4-3-5-7-10/h3-7,9,12H,2,8H2,1H3. The van der Waals surface area contributed by atoms with Crippen molar-refractivity contribution in [3.8, 4) is 0 Å². The number of alkyl halides is 1. The van der Waals surface area contributed by atoms with Gasteiger partial charge >= 0.3 is 0 Å². The van der Waals surface area contributed by atoms with Crippen molar-refractivity contribution >= 4 is 22.9 Å². The maximum absolute atomic E-state index is 6.36. The van der Waals surface area contributed by atoms with E-state index in [2.05, 4.69) is 29.4 Å². The second-order valence-electron chi connectivity index (χ2n) is 3.67. The Balaban J connectivity index is 2.05. The molecule has 0 aliphatic heterocycles. The highest BCUT2D eigenvalue weighted by Crippen LogP contribution is 2.26. The number of halogens is 1. The van der Waals surface area contributed by atoms with Gasteiger partial charge < -0.3 is 0 Å². The van der Waals surface area contributed by atoms with Gasteiger partial charge in [0.05, 0.1) is 16.1 Å². The molecule has 1 unspecified atom stereocenters. The lowest BCUT2D eigenvalue weighted by atomic mass is 10.1. The molecule has 84 valence electrons. The lowest BCUT2D eigenvalue weighted by Gasteiger charge is -2.06. The number of hydrogen-bond acceptors (Lipinski definition) is 2. The minimum atomic E-state index is 0.0251. The fraction of sp³-hybridized carbons (Fsp3) is 0.308. The van der Waals surface area contributed by atoms with Gasteiger partial charge in [-0.05, 0) is 12.0 Å². The molecule has 0 aliphatic rings. The molecule has 1 heterocycles. The Bertz CT molecular complexity index is 438. The van der Waals surface area contributed by atoms with E-state index in [0.29, 0.717) is 0 Å². The second kappa shape index (κ2) is 5.46. The van der Waals surface area contributed by atoms with Crippen LogP contribution in [0.4, 0.5) is 0 Å². The van der Waals surface area contributed by atoms with Gasteiger partial charge in [0.25, 0.3) is 0 Å². The molecule has 0 spiro atoms. The summed E-state index contributed by atoms with van der Waals surface area (Å²) >= 11 is 8.06. The zero-order chi connectivity index (χ0) is 11.4. The van der Waals surface area contributed by atoms with Gasteiger partial charge in [0.1, 0.15) is 0 Å². The Labute approximate surface area is 105 Å². The van der Waals surface area contributed by atoms with Gasteiger partial charge in [0.15, 0.2) is 0 Å². The minimum Gasteiger partial charge on any atom is -0.246 e. The summed E-state index contributed by atoms with van der Waals surface area (Å²) in [5, 5.41) is 3.27. The zero-order valence-electron chi connectivity index (χ0n) is 9.19. The summed E-state index contributed by atoms with van der Waals surface area (Å²) in [4.78, 5) is 4.53. The van der Waals surface area contributed by atoms with Crippen molar-refractivity contribution in [3.63, 3.8) is 0 Å². The average Bonchev–Trinajstić information content (AvgIpc) is 2.78. The van der Waals surface area contributed by atoms with Crippen molar-refractivity contribution in [2.24, 2.45) is 0 Å². The maximum Gasteiger partial charge on any atom is 0.0946 e. The van der Waals surface area contributed by atoms with Crippen LogP contribution in [0.25, 0.3) is 0 Å². The number of aryl methyl sites for hydroxylation is 1. The predicted octanol–water partition coefficient (Wildman–Crippen LogP) is 4.23. The van der Waals surface area contributed by atoms with Crippen LogP contribution in [-0.2, 0) is 12.8 Å². The van der Waals surface area contributed by atoms with Gasteiger partial charge in [0, 0.05) is 11.8 Å². The predicted molar refractivity (Wildman–Crippen MR) is 70.2 cm³/mol. The molecule has 0 bridgehead atoms. The Morgan fingerprint density at radius 1 is 1.31 bits per heavy atom. The first kappa shape index (κ1) is 11.6. The molecule has 2 rings (SSSR count). The van der Waals surface area contributed by atoms with Crippen LogP contribution in [0.1, 0.15) is 28.6 Å². The Morgan fingerprint density at radius 3 is 2.69 bits per heavy atom. The van der Waals surface area contributed by atoms with Crippen LogP contribution < -0.4 is 0 Å². The topological polar surface area (TPSA) is 12.9 Å². The van der Waals surface area contributed by atoms with Crippen molar-refractivity contribution in [1.82, 2.24) is 4.98 Å². The zero-order valence-corrected chi connectivity index (χ0v) is 10.8. The minimum absolute atomic E-state index is 0.0251. The lowest BCUT2D eigenvalue weighted by molar-refractivity contribution is 0.892. The van der Waals surface area contributed by atoms with Crippen LogP contribution >= 0.6 is 22.9 Å². The molecular formula is C13H14ClNS. The first-order chi connectivity index (χ1) is 7.79. The smallest absolute Gasteiger partial charge is 0.0946 e. The van der Waals surface area contributed by atoms with E-state index in [1.165, 1.54) is 0 Å². The highest BCUT2D eigenvalue weighted by atomic mass is 35.5. The summed E-state index contributed by atoms with van der Waals surface area (Å²) in [5.41, 5.74) is 2.33. The van der Waals surface area contributed by atoms with Crippen LogP contribution in [0, 0.1) is 0 Å². The molecule has 2 aromatic rings. The van der Waals surface area contributed by atoms with E-state index in [-0.39, 0.29) is 5.38 Å². The molecule has 3 heteroatoms. The highest BCUT2D eigenvalue weighted by Gasteiger charge is 2.10. The van der Waals surface area contributed by atoms with Crippen molar-refractivity contribution in [3.05, 3.63) is 52.0 Å². The van der Waals surface area contributed by atoms with Crippen LogP contribution in [0.15, 0.2) is 35.7 Å². The van der Waals surface area contributed by atoms with E-state index in [1.807, 2.05) is 18.2 Å². The summed E-state index contributed by atoms with van der Waals surface area (Å²) < 4.78 is 0. The van der Waals surface area contributed by atoms with Crippen LogP contribution in [0.2, 0.25) is 0 Å². The largest absolute Gasteiger partial charge is 0.246 e. The SMILES string of the molecule is CCc1csc(CC(Cl)c2ccccc2)n1. The van der Waals surface area contributed by atoms with E-state index in [1.54, 1.807) is 11.3 Å². The molecular weight excluding hydrogens is 238 g/mol. The van der Waals surface area contributed by atoms with Gasteiger partial charge in [-0.2, -0.15) is 0 Å². The third-order valence-electron chi connectivity index (χ3n) is 2.48. The summed E-state index contributed by atoms with van der Waals surface area (Å²) in [6.45, 7) is 2.12. The van der Waals surface area contributed by atoms with Crippen molar-refractivity contribution in [2.45, 2.75) is 25.1 Å². The average molecular weight is 252 g/mol. The van der Waals surface area contributed by atoms with Gasteiger partial charge in [-0.15, -0.1) is 22.9 Å². The molecule has 1 aromatic carbocycles. The molecule has 1 nitrogen and oxygen atoms in total. The maximum atomic E-state index is 6.36. The summed E-state index contributed by atoms with van der Waals surface area (Å²) in [6.07, 6.45) is 1.81. The van der Waals surface area contributed by atoms with E-state index in [4.69, 9.17) is 11.6 Å². The van der Waals surface area contributed by atoms with Crippen LogP contribution in [-0.4, -0.2) is 4.98 Å². The number of rotatable bonds is 4. The van der Waals surface area contributed by atoms with Crippen molar-refractivity contribution < 1.29 is 0 Å². The van der Waals surface area contributed by atoms with E-state index < -0.39 is 0 Å². The van der Waals surface area contributed by atoms with Gasteiger partial charge in [-0.25, -0.2) is 4.98 Å². The third-order valence-corrected chi connectivity index (χ3v) is 3.80. The Kier molecular flexibility index (Phi) is 3.97. The van der Waals surface area contributed by atoms with E-state index in [0.717, 1.165) is 29.1 Å². The van der Waals surface area contributed by atoms with Crippen molar-refractivity contribution in [2.75, 3.05) is 0 Å². The summed E-state index contributed by atoms with van der Waals surface area (Å²) in [7, 11) is 0. The Morgan fingerprint density at radius 2 is 2.06 bits per heavy atom. The summed E-state index contributed by atoms with van der Waals surface area (Å²) in [5.74, 6) is 0. The first-order valence-electron chi connectivity index (χ1n) is 5.42. The van der Waals surface area contributed by atoms with Crippen molar-refractivity contribution in [1.29, 1.82) is 0 Å². The number of benzene rings is 1. The van der Waals surface area contributed by atoms with Crippen LogP contribution in [0.5, 0.6) is 0 Å². The molecule has 1 aromatic heterocycles. The number of thiazole rings is 1. The van der Waals surface area contributed by atoms with Crippen LogP contribution in [0.3, 0.4) is 0 Å². The fourth-order valence-electron chi connectivity index (χ4n) is 1.54. The molecule has 0 fully saturated rings. The molecule has 16 heavy (non-hydrogen) atoms. The monoisotopic (exact) mass is 251 g/mol. The van der Waals surface area contributed by atoms with Gasteiger partial charge in [-0.1, -0.05) is 37.3 Å². The number of hydrogen-bond donors (Lipinski definition) is 0. The fourth-order valence-corrected chi connectivity index (χ4v) is 2.85. The molecule has 0 saturated carbocycles. The summed E-state index contributed by atoms with van der Waals surface area (Å²) in [6, 6.07) is 10.2. The van der Waals surface area contributed by atoms with Gasteiger partial charge in [0.2, 0.25) is 0 Å². The molecule has 0 N–H and O–H groups in total. The third kappa shape index (κ3) is 2.83. The second-order valence-corrected chi connectivity index (χ2v) is 5.14. The van der Waals surface area contributed by atoms with Gasteiger partial charge in [-0.3, -0.25) is 0 Å². The molecule has 0 saturated heterocycles. The number of nitrogens with zero attached hydrogens (tertiary/aromatic N) is 1. The first-order valence-corrected chi connectivity index (χ1v) is 6.73. The Hall–Kier alpha value is -0.860.